The average molecular weight is 355 g/mol. The summed E-state index contributed by atoms with van der Waals surface area (Å²) in [5.41, 5.74) is 0.961. The topological polar surface area (TPSA) is 129 Å². The molecule has 138 valence electrons. The number of nitrogens with zero attached hydrogens (tertiary/aromatic N) is 2. The standard InChI is InChI=1S/C16H22N2O7/c1-18(7-3-5-10(18)9-4-2-6-17-8-9)25-16-13(21)11(19)12(20)14(24-16)15(22)23/h2,4,6,8,10-14,16,19-21H,3,5,7H2,1H3/p+1/t10?,11-,12-,13+,14-,16?,18?/m0/s1. The van der Waals surface area contributed by atoms with Crippen molar-refractivity contribution in [3.8, 4) is 0 Å². The number of aliphatic carboxylic acids is 1. The van der Waals surface area contributed by atoms with Crippen molar-refractivity contribution >= 4 is 5.97 Å². The van der Waals surface area contributed by atoms with E-state index in [1.165, 1.54) is 0 Å². The van der Waals surface area contributed by atoms with E-state index in [4.69, 9.17) is 14.7 Å². The number of carbonyl (C=O) groups is 1. The summed E-state index contributed by atoms with van der Waals surface area (Å²) in [5, 5.41) is 39.0. The molecule has 3 heterocycles. The Kier molecular flexibility index (Phi) is 5.05. The molecule has 0 saturated carbocycles. The van der Waals surface area contributed by atoms with Crippen LogP contribution in [-0.2, 0) is 14.4 Å². The van der Waals surface area contributed by atoms with E-state index in [0.717, 1.165) is 18.4 Å². The summed E-state index contributed by atoms with van der Waals surface area (Å²) in [6.07, 6.45) is -2.90. The Bertz CT molecular complexity index is 616. The predicted molar refractivity (Wildman–Crippen MR) is 82.7 cm³/mol. The highest BCUT2D eigenvalue weighted by Gasteiger charge is 2.52. The van der Waals surface area contributed by atoms with Crippen molar-refractivity contribution in [1.82, 2.24) is 4.98 Å². The molecular formula is C16H23N2O7+. The lowest BCUT2D eigenvalue weighted by Gasteiger charge is -2.42. The van der Waals surface area contributed by atoms with E-state index >= 15 is 0 Å². The van der Waals surface area contributed by atoms with Crippen LogP contribution in [0.25, 0.3) is 0 Å². The summed E-state index contributed by atoms with van der Waals surface area (Å²) in [5.74, 6) is -1.43. The summed E-state index contributed by atoms with van der Waals surface area (Å²) in [6, 6.07) is 3.70. The number of carboxylic acids is 1. The van der Waals surface area contributed by atoms with E-state index in [-0.39, 0.29) is 10.7 Å². The maximum Gasteiger partial charge on any atom is 0.335 e. The number of hydrogen-bond donors (Lipinski definition) is 4. The third-order valence-electron chi connectivity index (χ3n) is 4.97. The molecule has 2 aliphatic heterocycles. The fraction of sp³-hybridized carbons (Fsp3) is 0.625. The Hall–Kier alpha value is -1.62. The molecule has 25 heavy (non-hydrogen) atoms. The van der Waals surface area contributed by atoms with Gasteiger partial charge in [0, 0.05) is 30.8 Å². The number of rotatable bonds is 4. The second kappa shape index (κ2) is 6.94. The molecule has 1 aromatic rings. The lowest BCUT2D eigenvalue weighted by molar-refractivity contribution is -1.11. The Balaban J connectivity index is 1.80. The monoisotopic (exact) mass is 355 g/mol. The second-order valence-corrected chi connectivity index (χ2v) is 6.68. The molecule has 4 N–H and O–H groups in total. The quantitative estimate of drug-likeness (QED) is 0.516. The first kappa shape index (κ1) is 18.2. The summed E-state index contributed by atoms with van der Waals surface area (Å²) in [7, 11) is 1.81. The van der Waals surface area contributed by atoms with Crippen LogP contribution in [0.2, 0.25) is 0 Å². The zero-order valence-electron chi connectivity index (χ0n) is 13.8. The molecule has 3 unspecified atom stereocenters. The first-order chi connectivity index (χ1) is 11.8. The van der Waals surface area contributed by atoms with Gasteiger partial charge in [-0.2, -0.15) is 9.48 Å². The van der Waals surface area contributed by atoms with Crippen LogP contribution < -0.4 is 0 Å². The molecule has 0 amide bonds. The number of aliphatic hydroxyl groups excluding tert-OH is 3. The van der Waals surface area contributed by atoms with Crippen molar-refractivity contribution in [2.75, 3.05) is 13.6 Å². The van der Waals surface area contributed by atoms with Gasteiger partial charge in [0.1, 0.15) is 30.9 Å². The van der Waals surface area contributed by atoms with Crippen LogP contribution in [0.5, 0.6) is 0 Å². The van der Waals surface area contributed by atoms with Crippen LogP contribution in [-0.4, -0.2) is 80.3 Å². The van der Waals surface area contributed by atoms with Gasteiger partial charge in [0.25, 0.3) is 0 Å². The zero-order valence-corrected chi connectivity index (χ0v) is 13.8. The van der Waals surface area contributed by atoms with Crippen LogP contribution in [0.4, 0.5) is 0 Å². The van der Waals surface area contributed by atoms with Gasteiger partial charge in [0.2, 0.25) is 6.29 Å². The molecule has 3 rings (SSSR count). The number of likely N-dealkylation sites (tertiary alicyclic amines) is 1. The largest absolute Gasteiger partial charge is 0.479 e. The van der Waals surface area contributed by atoms with Gasteiger partial charge in [-0.15, -0.1) is 0 Å². The Morgan fingerprint density at radius 2 is 2.08 bits per heavy atom. The van der Waals surface area contributed by atoms with Crippen molar-refractivity contribution in [3.05, 3.63) is 30.1 Å². The van der Waals surface area contributed by atoms with Crippen molar-refractivity contribution in [2.24, 2.45) is 0 Å². The number of ether oxygens (including phenoxy) is 1. The highest BCUT2D eigenvalue weighted by molar-refractivity contribution is 5.73. The number of quaternary nitrogens is 1. The van der Waals surface area contributed by atoms with Gasteiger partial charge in [-0.05, 0) is 12.1 Å². The van der Waals surface area contributed by atoms with Crippen molar-refractivity contribution in [3.63, 3.8) is 0 Å². The molecular weight excluding hydrogens is 332 g/mol. The second-order valence-electron chi connectivity index (χ2n) is 6.68. The van der Waals surface area contributed by atoms with Gasteiger partial charge in [0.15, 0.2) is 6.10 Å². The molecule has 0 bridgehead atoms. The van der Waals surface area contributed by atoms with Crippen molar-refractivity contribution < 1.29 is 39.4 Å². The summed E-state index contributed by atoms with van der Waals surface area (Å²) in [4.78, 5) is 21.3. The van der Waals surface area contributed by atoms with E-state index in [1.807, 2.05) is 19.2 Å². The van der Waals surface area contributed by atoms with Gasteiger partial charge in [0.05, 0.1) is 7.05 Å². The van der Waals surface area contributed by atoms with Crippen LogP contribution >= 0.6 is 0 Å². The van der Waals surface area contributed by atoms with Crippen LogP contribution in [0.15, 0.2) is 24.5 Å². The van der Waals surface area contributed by atoms with E-state index in [9.17, 15) is 20.1 Å². The molecule has 2 aliphatic rings. The minimum absolute atomic E-state index is 0.0581. The van der Waals surface area contributed by atoms with Gasteiger partial charge in [-0.25, -0.2) is 4.79 Å². The molecule has 7 atom stereocenters. The molecule has 0 aliphatic carbocycles. The Morgan fingerprint density at radius 3 is 2.72 bits per heavy atom. The molecule has 0 aromatic carbocycles. The normalized spacial score (nSPS) is 41.6. The smallest absolute Gasteiger partial charge is 0.335 e. The maximum absolute atomic E-state index is 11.2. The molecule has 2 saturated heterocycles. The minimum Gasteiger partial charge on any atom is -0.479 e. The van der Waals surface area contributed by atoms with E-state index in [2.05, 4.69) is 4.98 Å². The maximum atomic E-state index is 11.2. The number of aromatic nitrogens is 1. The SMILES string of the molecule is C[N+]1(OC2O[C@H](C(=O)O)[C@@H](O)[C@H](O)[C@H]2O)CCCC1c1cccnc1. The van der Waals surface area contributed by atoms with Crippen molar-refractivity contribution in [2.45, 2.75) is 49.6 Å². The minimum atomic E-state index is -1.73. The summed E-state index contributed by atoms with van der Waals surface area (Å²) >= 11 is 0. The first-order valence-electron chi connectivity index (χ1n) is 8.19. The molecule has 2 fully saturated rings. The lowest BCUT2D eigenvalue weighted by Crippen LogP contribution is -2.63. The Morgan fingerprint density at radius 1 is 1.32 bits per heavy atom. The van der Waals surface area contributed by atoms with Gasteiger partial charge >= 0.3 is 5.97 Å². The van der Waals surface area contributed by atoms with Crippen LogP contribution in [0.3, 0.4) is 0 Å². The van der Waals surface area contributed by atoms with Gasteiger partial charge in [-0.3, -0.25) is 4.98 Å². The third-order valence-corrected chi connectivity index (χ3v) is 4.97. The zero-order chi connectivity index (χ0) is 18.2. The molecule has 9 nitrogen and oxygen atoms in total. The van der Waals surface area contributed by atoms with E-state index < -0.39 is 36.7 Å². The number of hydrogen-bond acceptors (Lipinski definition) is 7. The first-order valence-corrected chi connectivity index (χ1v) is 8.19. The molecule has 0 radical (unpaired) electrons. The Labute approximate surface area is 144 Å². The highest BCUT2D eigenvalue weighted by Crippen LogP contribution is 2.39. The third kappa shape index (κ3) is 3.39. The fourth-order valence-electron chi connectivity index (χ4n) is 3.59. The van der Waals surface area contributed by atoms with Gasteiger partial charge in [-0.1, -0.05) is 0 Å². The van der Waals surface area contributed by atoms with Gasteiger partial charge < -0.3 is 25.2 Å². The number of aliphatic hydroxyl groups is 3. The molecule has 9 heteroatoms. The number of hydroxylamine groups is 3. The van der Waals surface area contributed by atoms with E-state index in [1.54, 1.807) is 12.4 Å². The molecule has 1 aromatic heterocycles. The number of carboxylic acid groups (broad SMARTS) is 1. The summed E-state index contributed by atoms with van der Waals surface area (Å²) < 4.78 is 5.30. The fourth-order valence-corrected chi connectivity index (χ4v) is 3.59. The highest BCUT2D eigenvalue weighted by atomic mass is 16.8. The number of pyridine rings is 1. The van der Waals surface area contributed by atoms with Crippen LogP contribution in [0.1, 0.15) is 24.4 Å². The van der Waals surface area contributed by atoms with Crippen LogP contribution in [0, 0.1) is 0 Å². The average Bonchev–Trinajstić information content (AvgIpc) is 2.97. The van der Waals surface area contributed by atoms with E-state index in [0.29, 0.717) is 6.54 Å². The van der Waals surface area contributed by atoms with Crippen molar-refractivity contribution in [1.29, 1.82) is 0 Å². The summed E-state index contributed by atoms with van der Waals surface area (Å²) in [6.45, 7) is 0.628. The molecule has 0 spiro atoms. The lowest BCUT2D eigenvalue weighted by atomic mass is 9.99. The predicted octanol–water partition coefficient (Wildman–Crippen LogP) is -0.813.